The maximum absolute atomic E-state index is 12.1. The van der Waals surface area contributed by atoms with E-state index in [1.54, 1.807) is 4.31 Å². The molecule has 0 aromatic carbocycles. The monoisotopic (exact) mass is 277 g/mol. The molecule has 2 rings (SSSR count). The first-order chi connectivity index (χ1) is 8.58. The fourth-order valence-electron chi connectivity index (χ4n) is 2.27. The van der Waals surface area contributed by atoms with Crippen LogP contribution in [0.5, 0.6) is 0 Å². The van der Waals surface area contributed by atoms with Gasteiger partial charge in [-0.15, -0.1) is 0 Å². The lowest BCUT2D eigenvalue weighted by Crippen LogP contribution is -2.50. The van der Waals surface area contributed by atoms with Crippen LogP contribution in [0.15, 0.2) is 0 Å². The zero-order valence-corrected chi connectivity index (χ0v) is 11.7. The zero-order chi connectivity index (χ0) is 13.0. The molecule has 0 aromatic rings. The van der Waals surface area contributed by atoms with Crippen LogP contribution < -0.4 is 10.0 Å². The second-order valence-corrected chi connectivity index (χ2v) is 6.89. The molecule has 0 spiro atoms. The number of hydrogen-bond donors (Lipinski definition) is 2. The molecule has 0 radical (unpaired) electrons. The molecule has 18 heavy (non-hydrogen) atoms. The van der Waals surface area contributed by atoms with Crippen molar-refractivity contribution in [1.82, 2.24) is 14.3 Å². The highest BCUT2D eigenvalue weighted by Crippen LogP contribution is 2.17. The van der Waals surface area contributed by atoms with E-state index in [0.717, 1.165) is 19.4 Å². The molecule has 0 aromatic heterocycles. The van der Waals surface area contributed by atoms with E-state index in [2.05, 4.69) is 17.0 Å². The standard InChI is InChI=1S/C11H23N3O3S/c1-10-2-5-14(6-3-10)18(15,16)13-9-11-8-12-4-7-17-11/h10-13H,2-9H2,1H3. The maximum atomic E-state index is 12.1. The van der Waals surface area contributed by atoms with Crippen LogP contribution >= 0.6 is 0 Å². The molecular formula is C11H23N3O3S. The highest BCUT2D eigenvalue weighted by Gasteiger charge is 2.27. The highest BCUT2D eigenvalue weighted by atomic mass is 32.2. The van der Waals surface area contributed by atoms with E-state index in [1.165, 1.54) is 0 Å². The molecule has 0 amide bonds. The first kappa shape index (κ1) is 14.2. The third-order valence-corrected chi connectivity index (χ3v) is 5.16. The lowest BCUT2D eigenvalue weighted by molar-refractivity contribution is 0.0321. The Bertz CT molecular complexity index is 347. The van der Waals surface area contributed by atoms with Crippen molar-refractivity contribution in [2.24, 2.45) is 5.92 Å². The Morgan fingerprint density at radius 1 is 1.39 bits per heavy atom. The van der Waals surface area contributed by atoms with Crippen molar-refractivity contribution < 1.29 is 13.2 Å². The van der Waals surface area contributed by atoms with Crippen LogP contribution in [0.4, 0.5) is 0 Å². The summed E-state index contributed by atoms with van der Waals surface area (Å²) in [6.45, 7) is 5.96. The quantitative estimate of drug-likeness (QED) is 0.729. The molecule has 2 saturated heterocycles. The van der Waals surface area contributed by atoms with Gasteiger partial charge in [0.25, 0.3) is 10.2 Å². The van der Waals surface area contributed by atoms with E-state index in [-0.39, 0.29) is 6.10 Å². The molecule has 2 aliphatic heterocycles. The topological polar surface area (TPSA) is 70.7 Å². The highest BCUT2D eigenvalue weighted by molar-refractivity contribution is 7.87. The second-order valence-electron chi connectivity index (χ2n) is 5.13. The van der Waals surface area contributed by atoms with Gasteiger partial charge in [-0.1, -0.05) is 6.92 Å². The molecule has 6 nitrogen and oxygen atoms in total. The summed E-state index contributed by atoms with van der Waals surface area (Å²) in [5.41, 5.74) is 0. The maximum Gasteiger partial charge on any atom is 0.279 e. The third kappa shape index (κ3) is 3.89. The number of piperidine rings is 1. The van der Waals surface area contributed by atoms with Gasteiger partial charge in [-0.3, -0.25) is 0 Å². The molecule has 2 heterocycles. The van der Waals surface area contributed by atoms with Gasteiger partial charge in [0.15, 0.2) is 0 Å². The van der Waals surface area contributed by atoms with Gasteiger partial charge in [-0.2, -0.15) is 17.4 Å². The summed E-state index contributed by atoms with van der Waals surface area (Å²) >= 11 is 0. The minimum Gasteiger partial charge on any atom is -0.374 e. The van der Waals surface area contributed by atoms with Crippen LogP contribution in [0.3, 0.4) is 0 Å². The SMILES string of the molecule is CC1CCN(S(=O)(=O)NCC2CNCCO2)CC1. The Morgan fingerprint density at radius 2 is 2.11 bits per heavy atom. The number of nitrogens with one attached hydrogen (secondary N) is 2. The molecule has 106 valence electrons. The number of hydrogen-bond acceptors (Lipinski definition) is 4. The third-order valence-electron chi connectivity index (χ3n) is 3.58. The van der Waals surface area contributed by atoms with Gasteiger partial charge in [-0.05, 0) is 18.8 Å². The van der Waals surface area contributed by atoms with E-state index in [1.807, 2.05) is 0 Å². The molecule has 1 atom stereocenters. The van der Waals surface area contributed by atoms with Gasteiger partial charge in [0.2, 0.25) is 0 Å². The molecule has 0 aliphatic carbocycles. The van der Waals surface area contributed by atoms with Crippen LogP contribution in [0.25, 0.3) is 0 Å². The van der Waals surface area contributed by atoms with Gasteiger partial charge >= 0.3 is 0 Å². The summed E-state index contributed by atoms with van der Waals surface area (Å²) in [5, 5.41) is 3.18. The van der Waals surface area contributed by atoms with Crippen LogP contribution in [-0.2, 0) is 14.9 Å². The van der Waals surface area contributed by atoms with Crippen molar-refractivity contribution in [2.45, 2.75) is 25.9 Å². The predicted molar refractivity (Wildman–Crippen MR) is 69.5 cm³/mol. The Hall–Kier alpha value is -0.210. The summed E-state index contributed by atoms with van der Waals surface area (Å²) in [4.78, 5) is 0. The largest absolute Gasteiger partial charge is 0.374 e. The number of morpholine rings is 1. The smallest absolute Gasteiger partial charge is 0.279 e. The van der Waals surface area contributed by atoms with Crippen molar-refractivity contribution >= 4 is 10.2 Å². The Kier molecular flexibility index (Phi) is 4.97. The van der Waals surface area contributed by atoms with Crippen LogP contribution in [0.1, 0.15) is 19.8 Å². The lowest BCUT2D eigenvalue weighted by Gasteiger charge is -2.30. The van der Waals surface area contributed by atoms with E-state index in [0.29, 0.717) is 38.7 Å². The fraction of sp³-hybridized carbons (Fsp3) is 1.00. The van der Waals surface area contributed by atoms with Gasteiger partial charge < -0.3 is 10.1 Å². The molecule has 1 unspecified atom stereocenters. The van der Waals surface area contributed by atoms with Crippen molar-refractivity contribution in [3.05, 3.63) is 0 Å². The summed E-state index contributed by atoms with van der Waals surface area (Å²) in [6.07, 6.45) is 1.84. The lowest BCUT2D eigenvalue weighted by atomic mass is 10.0. The summed E-state index contributed by atoms with van der Waals surface area (Å²) in [6, 6.07) is 0. The molecule has 0 saturated carbocycles. The summed E-state index contributed by atoms with van der Waals surface area (Å²) < 4.78 is 33.8. The molecule has 0 bridgehead atoms. The van der Waals surface area contributed by atoms with Crippen molar-refractivity contribution in [1.29, 1.82) is 0 Å². The zero-order valence-electron chi connectivity index (χ0n) is 10.9. The summed E-state index contributed by atoms with van der Waals surface area (Å²) in [5.74, 6) is 0.627. The first-order valence-electron chi connectivity index (χ1n) is 6.65. The van der Waals surface area contributed by atoms with Crippen LogP contribution in [-0.4, -0.2) is 58.2 Å². The van der Waals surface area contributed by atoms with Gasteiger partial charge in [0, 0.05) is 32.7 Å². The van der Waals surface area contributed by atoms with Crippen LogP contribution in [0.2, 0.25) is 0 Å². The normalized spacial score (nSPS) is 28.4. The minimum absolute atomic E-state index is 0.0581. The average molecular weight is 277 g/mol. The van der Waals surface area contributed by atoms with E-state index in [9.17, 15) is 8.42 Å². The van der Waals surface area contributed by atoms with E-state index < -0.39 is 10.2 Å². The van der Waals surface area contributed by atoms with Crippen molar-refractivity contribution in [3.8, 4) is 0 Å². The van der Waals surface area contributed by atoms with Gasteiger partial charge in [0.1, 0.15) is 0 Å². The first-order valence-corrected chi connectivity index (χ1v) is 8.09. The fourth-order valence-corrected chi connectivity index (χ4v) is 3.54. The minimum atomic E-state index is -3.33. The molecule has 2 aliphatic rings. The molecule has 2 fully saturated rings. The van der Waals surface area contributed by atoms with Gasteiger partial charge in [-0.25, -0.2) is 0 Å². The van der Waals surface area contributed by atoms with Gasteiger partial charge in [0.05, 0.1) is 12.7 Å². The molecular weight excluding hydrogens is 254 g/mol. The van der Waals surface area contributed by atoms with E-state index >= 15 is 0 Å². The summed E-state index contributed by atoms with van der Waals surface area (Å²) in [7, 11) is -3.33. The molecule has 2 N–H and O–H groups in total. The Labute approximate surface area is 109 Å². The van der Waals surface area contributed by atoms with E-state index in [4.69, 9.17) is 4.74 Å². The van der Waals surface area contributed by atoms with Crippen molar-refractivity contribution in [2.75, 3.05) is 39.3 Å². The molecule has 7 heteroatoms. The van der Waals surface area contributed by atoms with Crippen molar-refractivity contribution in [3.63, 3.8) is 0 Å². The van der Waals surface area contributed by atoms with Crippen LogP contribution in [0, 0.1) is 5.92 Å². The number of nitrogens with zero attached hydrogens (tertiary/aromatic N) is 1. The second kappa shape index (κ2) is 6.29. The number of ether oxygens (including phenoxy) is 1. The average Bonchev–Trinajstić information content (AvgIpc) is 2.38. The predicted octanol–water partition coefficient (Wildman–Crippen LogP) is -0.459. The Balaban J connectivity index is 1.79. The Morgan fingerprint density at radius 3 is 2.72 bits per heavy atom. The number of rotatable bonds is 4.